The first-order chi connectivity index (χ1) is 15.6. The first-order valence-electron chi connectivity index (χ1n) is 9.90. The molecular formula is C23H20N4O4S. The average molecular weight is 449 g/mol. The molecule has 8 nitrogen and oxygen atoms in total. The Hall–Kier alpha value is -3.98. The third-order valence-corrected chi connectivity index (χ3v) is 5.42. The van der Waals surface area contributed by atoms with Crippen LogP contribution in [0.25, 0.3) is 10.2 Å². The van der Waals surface area contributed by atoms with E-state index in [0.29, 0.717) is 18.1 Å². The van der Waals surface area contributed by atoms with E-state index in [2.05, 4.69) is 15.5 Å². The molecule has 0 saturated heterocycles. The van der Waals surface area contributed by atoms with E-state index in [1.165, 1.54) is 23.5 Å². The van der Waals surface area contributed by atoms with E-state index in [0.717, 1.165) is 26.5 Å². The lowest BCUT2D eigenvalue weighted by atomic mass is 10.2. The van der Waals surface area contributed by atoms with Crippen molar-refractivity contribution in [1.82, 2.24) is 4.98 Å². The minimum Gasteiger partial charge on any atom is -0.490 e. The van der Waals surface area contributed by atoms with Gasteiger partial charge < -0.3 is 9.47 Å². The Morgan fingerprint density at radius 2 is 1.91 bits per heavy atom. The van der Waals surface area contributed by atoms with Gasteiger partial charge >= 0.3 is 0 Å². The van der Waals surface area contributed by atoms with Crippen molar-refractivity contribution < 1.29 is 14.4 Å². The number of rotatable bonds is 9. The lowest BCUT2D eigenvalue weighted by Crippen LogP contribution is -2.01. The largest absolute Gasteiger partial charge is 0.490 e. The highest BCUT2D eigenvalue weighted by Gasteiger charge is 2.08. The van der Waals surface area contributed by atoms with Crippen molar-refractivity contribution in [2.75, 3.05) is 12.0 Å². The second-order valence-electron chi connectivity index (χ2n) is 6.71. The number of non-ortho nitro benzene ring substituents is 1. The van der Waals surface area contributed by atoms with E-state index in [4.69, 9.17) is 9.47 Å². The zero-order valence-electron chi connectivity index (χ0n) is 17.2. The topological polar surface area (TPSA) is 98.9 Å². The number of nitrogens with zero attached hydrogens (tertiary/aromatic N) is 3. The lowest BCUT2D eigenvalue weighted by molar-refractivity contribution is -0.384. The Morgan fingerprint density at radius 1 is 1.09 bits per heavy atom. The molecule has 4 aromatic rings. The van der Waals surface area contributed by atoms with Gasteiger partial charge in [-0.1, -0.05) is 23.5 Å². The van der Waals surface area contributed by atoms with Crippen molar-refractivity contribution in [2.24, 2.45) is 5.10 Å². The van der Waals surface area contributed by atoms with E-state index in [1.54, 1.807) is 18.3 Å². The summed E-state index contributed by atoms with van der Waals surface area (Å²) in [5.74, 6) is 1.18. The van der Waals surface area contributed by atoms with Crippen LogP contribution in [0.15, 0.2) is 71.8 Å². The minimum absolute atomic E-state index is 0.0480. The summed E-state index contributed by atoms with van der Waals surface area (Å²) < 4.78 is 12.7. The predicted molar refractivity (Wildman–Crippen MR) is 126 cm³/mol. The van der Waals surface area contributed by atoms with E-state index >= 15 is 0 Å². The summed E-state index contributed by atoms with van der Waals surface area (Å²) in [4.78, 5) is 14.8. The number of aromatic nitrogens is 1. The van der Waals surface area contributed by atoms with Gasteiger partial charge in [0, 0.05) is 12.1 Å². The van der Waals surface area contributed by atoms with Crippen molar-refractivity contribution in [3.63, 3.8) is 0 Å². The number of para-hydroxylation sites is 1. The van der Waals surface area contributed by atoms with Crippen LogP contribution in [0, 0.1) is 10.1 Å². The maximum atomic E-state index is 10.8. The highest BCUT2D eigenvalue weighted by atomic mass is 32.1. The fourth-order valence-electron chi connectivity index (χ4n) is 2.95. The molecule has 0 unspecified atom stereocenters. The van der Waals surface area contributed by atoms with Gasteiger partial charge in [-0.05, 0) is 60.5 Å². The summed E-state index contributed by atoms with van der Waals surface area (Å²) in [5, 5.41) is 15.8. The second-order valence-corrected chi connectivity index (χ2v) is 7.74. The highest BCUT2D eigenvalue weighted by molar-refractivity contribution is 7.22. The Balaban J connectivity index is 1.42. The normalized spacial score (nSPS) is 11.0. The molecule has 1 N–H and O–H groups in total. The molecule has 0 saturated carbocycles. The molecule has 0 radical (unpaired) electrons. The maximum absolute atomic E-state index is 10.8. The fraction of sp³-hybridized carbons (Fsp3) is 0.130. The van der Waals surface area contributed by atoms with Crippen LogP contribution >= 0.6 is 11.3 Å². The first-order valence-corrected chi connectivity index (χ1v) is 10.7. The Bertz CT molecular complexity index is 1220. The molecule has 32 heavy (non-hydrogen) atoms. The molecule has 3 aromatic carbocycles. The molecule has 0 fully saturated rings. The maximum Gasteiger partial charge on any atom is 0.269 e. The van der Waals surface area contributed by atoms with Crippen LogP contribution in [0.1, 0.15) is 18.1 Å². The van der Waals surface area contributed by atoms with Crippen molar-refractivity contribution in [3.8, 4) is 11.5 Å². The summed E-state index contributed by atoms with van der Waals surface area (Å²) in [6.45, 7) is 2.65. The summed E-state index contributed by atoms with van der Waals surface area (Å²) in [6, 6.07) is 19.7. The van der Waals surface area contributed by atoms with Crippen molar-refractivity contribution >= 4 is 38.6 Å². The molecule has 1 aromatic heterocycles. The SMILES string of the molecule is CCOc1cc(/C=N/Nc2nc3ccccc3s2)ccc1OCc1ccc([N+](=O)[O-])cc1. The number of thiazole rings is 1. The molecule has 0 aliphatic heterocycles. The third-order valence-electron chi connectivity index (χ3n) is 4.48. The van der Waals surface area contributed by atoms with Crippen LogP contribution in [-0.4, -0.2) is 22.7 Å². The second kappa shape index (κ2) is 9.88. The summed E-state index contributed by atoms with van der Waals surface area (Å²) in [7, 11) is 0. The number of anilines is 1. The molecule has 0 spiro atoms. The van der Waals surface area contributed by atoms with Gasteiger partial charge in [0.1, 0.15) is 6.61 Å². The number of fused-ring (bicyclic) bond motifs is 1. The number of benzene rings is 3. The monoisotopic (exact) mass is 448 g/mol. The van der Waals surface area contributed by atoms with Crippen LogP contribution in [0.4, 0.5) is 10.8 Å². The number of hydrogen-bond acceptors (Lipinski definition) is 8. The fourth-order valence-corrected chi connectivity index (χ4v) is 3.77. The average Bonchev–Trinajstić information content (AvgIpc) is 3.22. The first kappa shape index (κ1) is 21.3. The van der Waals surface area contributed by atoms with Crippen LogP contribution in [0.5, 0.6) is 11.5 Å². The van der Waals surface area contributed by atoms with Gasteiger partial charge in [-0.15, -0.1) is 0 Å². The Labute approximate surface area is 188 Å². The van der Waals surface area contributed by atoms with Crippen molar-refractivity contribution in [2.45, 2.75) is 13.5 Å². The molecule has 162 valence electrons. The van der Waals surface area contributed by atoms with Gasteiger partial charge in [0.05, 0.1) is 28.0 Å². The van der Waals surface area contributed by atoms with Crippen LogP contribution in [0.2, 0.25) is 0 Å². The molecular weight excluding hydrogens is 428 g/mol. The highest BCUT2D eigenvalue weighted by Crippen LogP contribution is 2.29. The zero-order valence-corrected chi connectivity index (χ0v) is 18.0. The van der Waals surface area contributed by atoms with Crippen LogP contribution < -0.4 is 14.9 Å². The van der Waals surface area contributed by atoms with E-state index in [1.807, 2.05) is 49.4 Å². The molecule has 0 bridgehead atoms. The summed E-state index contributed by atoms with van der Waals surface area (Å²) in [5.41, 5.74) is 5.61. The number of nitrogens with one attached hydrogen (secondary N) is 1. The molecule has 1 heterocycles. The van der Waals surface area contributed by atoms with Gasteiger partial charge in [0.15, 0.2) is 11.5 Å². The van der Waals surface area contributed by atoms with E-state index in [-0.39, 0.29) is 12.3 Å². The Morgan fingerprint density at radius 3 is 2.66 bits per heavy atom. The van der Waals surface area contributed by atoms with E-state index < -0.39 is 4.92 Å². The number of hydrazone groups is 1. The number of hydrogen-bond donors (Lipinski definition) is 1. The molecule has 0 aliphatic carbocycles. The van der Waals surface area contributed by atoms with Crippen LogP contribution in [-0.2, 0) is 6.61 Å². The van der Waals surface area contributed by atoms with Gasteiger partial charge in [0.2, 0.25) is 5.13 Å². The smallest absolute Gasteiger partial charge is 0.269 e. The quantitative estimate of drug-likeness (QED) is 0.202. The standard InChI is InChI=1S/C23H20N4O4S/c1-2-30-21-13-17(14-24-26-23-25-19-5-3-4-6-22(19)32-23)9-12-20(21)31-15-16-7-10-18(11-8-16)27(28)29/h3-14H,2,15H2,1H3,(H,25,26)/b24-14+. The molecule has 0 amide bonds. The van der Waals surface area contributed by atoms with Gasteiger partial charge in [-0.2, -0.15) is 5.10 Å². The Kier molecular flexibility index (Phi) is 6.57. The molecule has 9 heteroatoms. The van der Waals surface area contributed by atoms with E-state index in [9.17, 15) is 10.1 Å². The van der Waals surface area contributed by atoms with Crippen molar-refractivity contribution in [3.05, 3.63) is 88.0 Å². The van der Waals surface area contributed by atoms with Crippen molar-refractivity contribution in [1.29, 1.82) is 0 Å². The summed E-state index contributed by atoms with van der Waals surface area (Å²) >= 11 is 1.54. The third kappa shape index (κ3) is 5.19. The molecule has 0 atom stereocenters. The zero-order chi connectivity index (χ0) is 22.3. The number of ether oxygens (including phenoxy) is 2. The number of nitro benzene ring substituents is 1. The minimum atomic E-state index is -0.427. The van der Waals surface area contributed by atoms with Gasteiger partial charge in [-0.25, -0.2) is 4.98 Å². The number of nitro groups is 1. The van der Waals surface area contributed by atoms with Gasteiger partial charge in [0.25, 0.3) is 5.69 Å². The summed E-state index contributed by atoms with van der Waals surface area (Å²) in [6.07, 6.45) is 1.69. The predicted octanol–water partition coefficient (Wildman–Crippen LogP) is 5.63. The molecule has 0 aliphatic rings. The molecule has 4 rings (SSSR count). The lowest BCUT2D eigenvalue weighted by Gasteiger charge is -2.12. The van der Waals surface area contributed by atoms with Crippen LogP contribution in [0.3, 0.4) is 0 Å². The van der Waals surface area contributed by atoms with Gasteiger partial charge in [-0.3, -0.25) is 15.5 Å².